The number of hydroxylamine groups is 1. The van der Waals surface area contributed by atoms with E-state index in [0.717, 1.165) is 17.0 Å². The summed E-state index contributed by atoms with van der Waals surface area (Å²) in [6, 6.07) is 15.7. The van der Waals surface area contributed by atoms with E-state index in [4.69, 9.17) is 0 Å². The molecular formula is C18H28N2O. The molecule has 0 fully saturated rings. The van der Waals surface area contributed by atoms with Crippen LogP contribution in [0.3, 0.4) is 0 Å². The van der Waals surface area contributed by atoms with E-state index in [-0.39, 0.29) is 6.04 Å². The molecule has 0 aliphatic rings. The lowest BCUT2D eigenvalue weighted by molar-refractivity contribution is 0.125. The molecule has 1 unspecified atom stereocenters. The van der Waals surface area contributed by atoms with E-state index < -0.39 is 0 Å². The third-order valence-corrected chi connectivity index (χ3v) is 2.72. The maximum Gasteiger partial charge on any atom is 0.0624 e. The minimum absolute atomic E-state index is 0.120. The molecule has 2 aromatic rings. The number of rotatable bonds is 4. The van der Waals surface area contributed by atoms with Gasteiger partial charge in [-0.1, -0.05) is 64.1 Å². The smallest absolute Gasteiger partial charge is 0.0624 e. The van der Waals surface area contributed by atoms with E-state index in [2.05, 4.69) is 10.5 Å². The van der Waals surface area contributed by atoms with Gasteiger partial charge in [0.25, 0.3) is 0 Å². The summed E-state index contributed by atoms with van der Waals surface area (Å²) < 4.78 is 0. The second-order valence-corrected chi connectivity index (χ2v) is 4.07. The molecule has 2 N–H and O–H groups in total. The fourth-order valence-electron chi connectivity index (χ4n) is 1.85. The Morgan fingerprint density at radius 3 is 2.10 bits per heavy atom. The number of hydrogen-bond acceptors (Lipinski definition) is 3. The second kappa shape index (κ2) is 12.1. The van der Waals surface area contributed by atoms with Crippen molar-refractivity contribution in [3.05, 3.63) is 65.5 Å². The summed E-state index contributed by atoms with van der Waals surface area (Å²) in [4.78, 5) is 4.44. The molecule has 0 bridgehead atoms. The second-order valence-electron chi connectivity index (χ2n) is 4.07. The van der Waals surface area contributed by atoms with Crippen LogP contribution in [0.15, 0.2) is 48.5 Å². The number of benzene rings is 1. The van der Waals surface area contributed by atoms with Crippen LogP contribution in [0, 0.1) is 6.92 Å². The van der Waals surface area contributed by atoms with Crippen LogP contribution in [-0.2, 0) is 6.42 Å². The van der Waals surface area contributed by atoms with Gasteiger partial charge in [-0.2, -0.15) is 5.48 Å². The summed E-state index contributed by atoms with van der Waals surface area (Å²) >= 11 is 0. The van der Waals surface area contributed by atoms with Gasteiger partial charge in [-0.15, -0.1) is 0 Å². The molecule has 1 atom stereocenters. The first kappa shape index (κ1) is 19.3. The highest BCUT2D eigenvalue weighted by atomic mass is 16.5. The van der Waals surface area contributed by atoms with Crippen molar-refractivity contribution in [1.82, 2.24) is 10.5 Å². The average Bonchev–Trinajstić information content (AvgIpc) is 2.57. The first-order valence-corrected chi connectivity index (χ1v) is 7.66. The van der Waals surface area contributed by atoms with E-state index in [1.165, 1.54) is 0 Å². The van der Waals surface area contributed by atoms with Crippen LogP contribution < -0.4 is 5.48 Å². The number of nitrogens with one attached hydrogen (secondary N) is 1. The van der Waals surface area contributed by atoms with Gasteiger partial charge in [0.2, 0.25) is 0 Å². The van der Waals surface area contributed by atoms with Gasteiger partial charge in [0, 0.05) is 17.8 Å². The normalized spacial score (nSPS) is 10.6. The fourth-order valence-corrected chi connectivity index (χ4v) is 1.85. The molecular weight excluding hydrogens is 260 g/mol. The first-order valence-electron chi connectivity index (χ1n) is 7.66. The molecule has 3 nitrogen and oxygen atoms in total. The highest BCUT2D eigenvalue weighted by molar-refractivity contribution is 5.21. The van der Waals surface area contributed by atoms with Gasteiger partial charge in [-0.25, -0.2) is 0 Å². The Morgan fingerprint density at radius 1 is 0.952 bits per heavy atom. The van der Waals surface area contributed by atoms with Crippen molar-refractivity contribution in [2.24, 2.45) is 0 Å². The van der Waals surface area contributed by atoms with E-state index in [1.54, 1.807) is 0 Å². The number of hydrogen-bond donors (Lipinski definition) is 2. The lowest BCUT2D eigenvalue weighted by Crippen LogP contribution is -2.20. The minimum Gasteiger partial charge on any atom is -0.316 e. The quantitative estimate of drug-likeness (QED) is 0.801. The number of aromatic nitrogens is 1. The molecule has 0 amide bonds. The molecule has 0 aliphatic carbocycles. The zero-order valence-electron chi connectivity index (χ0n) is 13.8. The number of aryl methyl sites for hydroxylation is 1. The number of pyridine rings is 1. The zero-order chi connectivity index (χ0) is 16.1. The molecule has 1 heterocycles. The van der Waals surface area contributed by atoms with Gasteiger partial charge >= 0.3 is 0 Å². The van der Waals surface area contributed by atoms with Crippen LogP contribution in [-0.4, -0.2) is 10.2 Å². The molecule has 0 saturated heterocycles. The maximum atomic E-state index is 9.23. The van der Waals surface area contributed by atoms with Crippen LogP contribution in [0.2, 0.25) is 0 Å². The van der Waals surface area contributed by atoms with Crippen molar-refractivity contribution in [2.45, 2.75) is 47.1 Å². The molecule has 1 aromatic carbocycles. The van der Waals surface area contributed by atoms with Crippen molar-refractivity contribution >= 4 is 0 Å². The maximum absolute atomic E-state index is 9.23. The van der Waals surface area contributed by atoms with Gasteiger partial charge in [0.1, 0.15) is 0 Å². The van der Waals surface area contributed by atoms with Gasteiger partial charge in [-0.05, 0) is 24.6 Å². The highest BCUT2D eigenvalue weighted by Gasteiger charge is 2.11. The first-order chi connectivity index (χ1) is 10.3. The van der Waals surface area contributed by atoms with Crippen molar-refractivity contribution in [1.29, 1.82) is 0 Å². The van der Waals surface area contributed by atoms with Crippen LogP contribution in [0.25, 0.3) is 0 Å². The summed E-state index contributed by atoms with van der Waals surface area (Å²) in [5, 5.41) is 9.23. The molecule has 0 spiro atoms. The molecule has 0 saturated carbocycles. The van der Waals surface area contributed by atoms with E-state index >= 15 is 0 Å². The Labute approximate surface area is 129 Å². The largest absolute Gasteiger partial charge is 0.316 e. The van der Waals surface area contributed by atoms with Crippen molar-refractivity contribution < 1.29 is 5.21 Å². The highest BCUT2D eigenvalue weighted by Crippen LogP contribution is 2.16. The van der Waals surface area contributed by atoms with Crippen LogP contribution in [0.5, 0.6) is 0 Å². The van der Waals surface area contributed by atoms with Crippen LogP contribution in [0.4, 0.5) is 0 Å². The fraction of sp³-hybridized carbons (Fsp3) is 0.389. The monoisotopic (exact) mass is 288 g/mol. The van der Waals surface area contributed by atoms with Crippen molar-refractivity contribution in [2.75, 3.05) is 0 Å². The van der Waals surface area contributed by atoms with Gasteiger partial charge < -0.3 is 5.21 Å². The molecule has 0 aliphatic heterocycles. The third kappa shape index (κ3) is 7.02. The predicted molar refractivity (Wildman–Crippen MR) is 89.5 cm³/mol. The molecule has 116 valence electrons. The van der Waals surface area contributed by atoms with E-state index in [9.17, 15) is 5.21 Å². The van der Waals surface area contributed by atoms with Crippen LogP contribution >= 0.6 is 0 Å². The van der Waals surface area contributed by atoms with Gasteiger partial charge in [0.05, 0.1) is 6.04 Å². The lowest BCUT2D eigenvalue weighted by Gasteiger charge is -2.15. The summed E-state index contributed by atoms with van der Waals surface area (Å²) in [5.74, 6) is 0. The Kier molecular flexibility index (Phi) is 11.1. The molecule has 3 heteroatoms. The van der Waals surface area contributed by atoms with Crippen molar-refractivity contribution in [3.63, 3.8) is 0 Å². The molecule has 1 aromatic heterocycles. The molecule has 0 radical (unpaired) electrons. The lowest BCUT2D eigenvalue weighted by atomic mass is 10.0. The van der Waals surface area contributed by atoms with Gasteiger partial charge in [0.15, 0.2) is 0 Å². The Morgan fingerprint density at radius 2 is 1.57 bits per heavy atom. The summed E-state index contributed by atoms with van der Waals surface area (Å²) in [6.45, 7) is 9.97. The summed E-state index contributed by atoms with van der Waals surface area (Å²) in [7, 11) is 0. The predicted octanol–water partition coefficient (Wildman–Crippen LogP) is 4.71. The molecule has 21 heavy (non-hydrogen) atoms. The summed E-state index contributed by atoms with van der Waals surface area (Å²) in [5.41, 5.74) is 5.37. The van der Waals surface area contributed by atoms with Gasteiger partial charge in [-0.3, -0.25) is 4.98 Å². The van der Waals surface area contributed by atoms with E-state index in [0.29, 0.717) is 6.42 Å². The number of nitrogens with zero attached hydrogens (tertiary/aromatic N) is 1. The third-order valence-electron chi connectivity index (χ3n) is 2.72. The average molecular weight is 288 g/mol. The SMILES string of the molecule is CC.CC.Cc1cccc(CC(NO)c2ccccc2)n1. The van der Waals surface area contributed by atoms with E-state index in [1.807, 2.05) is 83.1 Å². The Hall–Kier alpha value is -1.71. The standard InChI is InChI=1S/C14H16N2O.2C2H6/c1-11-6-5-9-13(15-11)10-14(16-17)12-7-3-2-4-8-12;2*1-2/h2-9,14,16-17H,10H2,1H3;2*1-2H3. The Bertz CT molecular complexity index is 472. The minimum atomic E-state index is -0.120. The Balaban J connectivity index is 0.000000921. The zero-order valence-corrected chi connectivity index (χ0v) is 13.8. The van der Waals surface area contributed by atoms with Crippen molar-refractivity contribution in [3.8, 4) is 0 Å². The summed E-state index contributed by atoms with van der Waals surface area (Å²) in [6.07, 6.45) is 0.669. The molecule has 2 rings (SSSR count). The topological polar surface area (TPSA) is 45.1 Å². The van der Waals surface area contributed by atoms with Crippen LogP contribution in [0.1, 0.15) is 50.7 Å².